The van der Waals surface area contributed by atoms with Crippen molar-refractivity contribution in [3.05, 3.63) is 0 Å². The second-order valence-electron chi connectivity index (χ2n) is 4.43. The number of nitrogens with zero attached hydrogens (tertiary/aromatic N) is 1. The van der Waals surface area contributed by atoms with Crippen LogP contribution in [-0.4, -0.2) is 30.7 Å². The zero-order valence-corrected chi connectivity index (χ0v) is 7.80. The zero-order valence-electron chi connectivity index (χ0n) is 7.80. The van der Waals surface area contributed by atoms with Gasteiger partial charge in [-0.05, 0) is 24.7 Å². The lowest BCUT2D eigenvalue weighted by molar-refractivity contribution is 0.0254. The molecule has 1 saturated heterocycles. The number of hydrogen-bond donors (Lipinski definition) is 0. The third kappa shape index (κ3) is 1.63. The third-order valence-electron chi connectivity index (χ3n) is 3.34. The van der Waals surface area contributed by atoms with Crippen LogP contribution in [0.5, 0.6) is 0 Å². The summed E-state index contributed by atoms with van der Waals surface area (Å²) in [5, 5.41) is 0. The molecule has 2 fully saturated rings. The van der Waals surface area contributed by atoms with Crippen molar-refractivity contribution in [1.82, 2.24) is 4.90 Å². The highest BCUT2D eigenvalue weighted by Crippen LogP contribution is 2.36. The Morgan fingerprint density at radius 3 is 2.42 bits per heavy atom. The summed E-state index contributed by atoms with van der Waals surface area (Å²) < 4.78 is 12.4. The topological polar surface area (TPSA) is 3.24 Å². The van der Waals surface area contributed by atoms with Crippen molar-refractivity contribution in [2.75, 3.05) is 19.6 Å². The molecule has 1 saturated carbocycles. The molecule has 0 unspecified atom stereocenters. The SMILES string of the molecule is CC[C@H]1C[C@@H](CN2CC(F)C2)C1. The summed E-state index contributed by atoms with van der Waals surface area (Å²) in [7, 11) is 0. The largest absolute Gasteiger partial charge is 0.297 e. The predicted molar refractivity (Wildman–Crippen MR) is 47.8 cm³/mol. The first-order valence-corrected chi connectivity index (χ1v) is 5.14. The van der Waals surface area contributed by atoms with Gasteiger partial charge in [0, 0.05) is 19.6 Å². The van der Waals surface area contributed by atoms with Crippen molar-refractivity contribution in [2.24, 2.45) is 11.8 Å². The van der Waals surface area contributed by atoms with Gasteiger partial charge in [-0.3, -0.25) is 4.90 Å². The van der Waals surface area contributed by atoms with Gasteiger partial charge in [-0.1, -0.05) is 13.3 Å². The summed E-state index contributed by atoms with van der Waals surface area (Å²) in [6, 6.07) is 0. The van der Waals surface area contributed by atoms with Crippen molar-refractivity contribution in [3.8, 4) is 0 Å². The molecule has 1 aliphatic carbocycles. The summed E-state index contributed by atoms with van der Waals surface area (Å²) in [5.74, 6) is 1.87. The Hall–Kier alpha value is -0.110. The number of halogens is 1. The predicted octanol–water partition coefficient (Wildman–Crippen LogP) is 2.08. The molecule has 70 valence electrons. The monoisotopic (exact) mass is 171 g/mol. The molecule has 12 heavy (non-hydrogen) atoms. The quantitative estimate of drug-likeness (QED) is 0.628. The smallest absolute Gasteiger partial charge is 0.125 e. The van der Waals surface area contributed by atoms with E-state index in [1.54, 1.807) is 0 Å². The van der Waals surface area contributed by atoms with E-state index in [1.165, 1.54) is 19.3 Å². The second kappa shape index (κ2) is 3.33. The number of rotatable bonds is 3. The van der Waals surface area contributed by atoms with E-state index >= 15 is 0 Å². The number of hydrogen-bond acceptors (Lipinski definition) is 1. The highest BCUT2D eigenvalue weighted by atomic mass is 19.1. The van der Waals surface area contributed by atoms with Crippen molar-refractivity contribution in [2.45, 2.75) is 32.4 Å². The van der Waals surface area contributed by atoms with Gasteiger partial charge in [0.2, 0.25) is 0 Å². The van der Waals surface area contributed by atoms with Crippen molar-refractivity contribution in [1.29, 1.82) is 0 Å². The van der Waals surface area contributed by atoms with E-state index in [9.17, 15) is 4.39 Å². The van der Waals surface area contributed by atoms with Crippen molar-refractivity contribution >= 4 is 0 Å². The van der Waals surface area contributed by atoms with E-state index in [1.807, 2.05) is 0 Å². The Labute approximate surface area is 73.9 Å². The van der Waals surface area contributed by atoms with Crippen LogP contribution in [0.1, 0.15) is 26.2 Å². The van der Waals surface area contributed by atoms with Crippen LogP contribution >= 0.6 is 0 Å². The maximum Gasteiger partial charge on any atom is 0.125 e. The number of alkyl halides is 1. The summed E-state index contributed by atoms with van der Waals surface area (Å²) >= 11 is 0. The molecule has 0 aromatic carbocycles. The summed E-state index contributed by atoms with van der Waals surface area (Å²) in [6.45, 7) is 4.83. The average Bonchev–Trinajstić information content (AvgIpc) is 1.91. The summed E-state index contributed by atoms with van der Waals surface area (Å²) in [6.07, 6.45) is 3.60. The zero-order chi connectivity index (χ0) is 8.55. The lowest BCUT2D eigenvalue weighted by Crippen LogP contribution is -2.51. The molecule has 0 aromatic heterocycles. The first kappa shape index (κ1) is 8.49. The van der Waals surface area contributed by atoms with Gasteiger partial charge in [-0.25, -0.2) is 4.39 Å². The molecule has 0 radical (unpaired) electrons. The molecule has 0 N–H and O–H groups in total. The van der Waals surface area contributed by atoms with E-state index in [0.717, 1.165) is 18.4 Å². The first-order valence-electron chi connectivity index (χ1n) is 5.14. The molecule has 2 aliphatic rings. The van der Waals surface area contributed by atoms with Gasteiger partial charge in [0.25, 0.3) is 0 Å². The highest BCUT2D eigenvalue weighted by Gasteiger charge is 2.33. The fourth-order valence-electron chi connectivity index (χ4n) is 2.38. The minimum atomic E-state index is -0.521. The maximum atomic E-state index is 12.4. The minimum absolute atomic E-state index is 0.521. The molecule has 0 aromatic rings. The van der Waals surface area contributed by atoms with Crippen LogP contribution < -0.4 is 0 Å². The van der Waals surface area contributed by atoms with Gasteiger partial charge in [0.05, 0.1) is 0 Å². The van der Waals surface area contributed by atoms with Crippen molar-refractivity contribution in [3.63, 3.8) is 0 Å². The Bertz CT molecular complexity index is 148. The Morgan fingerprint density at radius 2 is 1.92 bits per heavy atom. The van der Waals surface area contributed by atoms with Crippen molar-refractivity contribution < 1.29 is 4.39 Å². The van der Waals surface area contributed by atoms with Crippen LogP contribution in [-0.2, 0) is 0 Å². The molecule has 0 bridgehead atoms. The Morgan fingerprint density at radius 1 is 1.25 bits per heavy atom. The maximum absolute atomic E-state index is 12.4. The summed E-state index contributed by atoms with van der Waals surface area (Å²) in [4.78, 5) is 2.25. The van der Waals surface area contributed by atoms with Crippen LogP contribution in [0.15, 0.2) is 0 Å². The van der Waals surface area contributed by atoms with Crippen LogP contribution in [0, 0.1) is 11.8 Å². The normalized spacial score (nSPS) is 37.5. The van der Waals surface area contributed by atoms with Gasteiger partial charge in [-0.2, -0.15) is 0 Å². The van der Waals surface area contributed by atoms with Crippen LogP contribution in [0.4, 0.5) is 4.39 Å². The van der Waals surface area contributed by atoms with E-state index in [2.05, 4.69) is 11.8 Å². The molecule has 0 atom stereocenters. The van der Waals surface area contributed by atoms with Gasteiger partial charge >= 0.3 is 0 Å². The standard InChI is InChI=1S/C10H18FN/c1-2-8-3-9(4-8)5-12-6-10(11)7-12/h8-10H,2-7H2,1H3/t8-,9+. The highest BCUT2D eigenvalue weighted by molar-refractivity contribution is 4.86. The lowest BCUT2D eigenvalue weighted by Gasteiger charge is -2.42. The van der Waals surface area contributed by atoms with E-state index < -0.39 is 6.17 Å². The average molecular weight is 171 g/mol. The molecule has 1 nitrogen and oxygen atoms in total. The van der Waals surface area contributed by atoms with Gasteiger partial charge in [-0.15, -0.1) is 0 Å². The van der Waals surface area contributed by atoms with E-state index in [0.29, 0.717) is 13.1 Å². The fourth-order valence-corrected chi connectivity index (χ4v) is 2.38. The van der Waals surface area contributed by atoms with E-state index in [4.69, 9.17) is 0 Å². The number of likely N-dealkylation sites (tertiary alicyclic amines) is 1. The molecule has 2 heteroatoms. The molecule has 1 heterocycles. The molecule has 2 rings (SSSR count). The van der Waals surface area contributed by atoms with Crippen LogP contribution in [0.25, 0.3) is 0 Å². The fraction of sp³-hybridized carbons (Fsp3) is 1.00. The lowest BCUT2D eigenvalue weighted by atomic mass is 9.73. The first-order chi connectivity index (χ1) is 5.78. The molecule has 0 amide bonds. The molecular weight excluding hydrogens is 153 g/mol. The van der Waals surface area contributed by atoms with Crippen LogP contribution in [0.2, 0.25) is 0 Å². The Balaban J connectivity index is 1.58. The molecule has 1 aliphatic heterocycles. The summed E-state index contributed by atoms with van der Waals surface area (Å²) in [5.41, 5.74) is 0. The molecular formula is C10H18FN. The third-order valence-corrected chi connectivity index (χ3v) is 3.34. The van der Waals surface area contributed by atoms with E-state index in [-0.39, 0.29) is 0 Å². The van der Waals surface area contributed by atoms with Gasteiger partial charge < -0.3 is 0 Å². The van der Waals surface area contributed by atoms with Gasteiger partial charge in [0.1, 0.15) is 6.17 Å². The second-order valence-corrected chi connectivity index (χ2v) is 4.43. The van der Waals surface area contributed by atoms with Gasteiger partial charge in [0.15, 0.2) is 0 Å². The Kier molecular flexibility index (Phi) is 2.35. The van der Waals surface area contributed by atoms with Crippen LogP contribution in [0.3, 0.4) is 0 Å². The molecule has 0 spiro atoms. The minimum Gasteiger partial charge on any atom is -0.297 e.